The van der Waals surface area contributed by atoms with Crippen molar-refractivity contribution in [3.8, 4) is 0 Å². The molecule has 126 valence electrons. The molecule has 3 amide bonds. The van der Waals surface area contributed by atoms with Gasteiger partial charge < -0.3 is 10.2 Å². The highest BCUT2D eigenvalue weighted by molar-refractivity contribution is 6.31. The summed E-state index contributed by atoms with van der Waals surface area (Å²) in [6.45, 7) is 0.349. The van der Waals surface area contributed by atoms with E-state index in [-0.39, 0.29) is 11.9 Å². The van der Waals surface area contributed by atoms with Gasteiger partial charge in [-0.3, -0.25) is 9.69 Å². The number of anilines is 1. The topological polar surface area (TPSA) is 52.7 Å². The maximum absolute atomic E-state index is 13.1. The first-order valence-corrected chi connectivity index (χ1v) is 8.33. The summed E-state index contributed by atoms with van der Waals surface area (Å²) < 4.78 is 0. The zero-order valence-electron chi connectivity index (χ0n) is 13.6. The molecule has 0 aliphatic carbocycles. The summed E-state index contributed by atoms with van der Waals surface area (Å²) in [5, 5.41) is 3.49. The van der Waals surface area contributed by atoms with Crippen LogP contribution in [0, 0.1) is 0 Å². The lowest BCUT2D eigenvalue weighted by atomic mass is 9.96. The molecule has 25 heavy (non-hydrogen) atoms. The Hall–Kier alpha value is -2.79. The lowest BCUT2D eigenvalue weighted by Gasteiger charge is -2.31. The first kappa shape index (κ1) is 15.7. The number of hydrogen-bond donors (Lipinski definition) is 1. The summed E-state index contributed by atoms with van der Waals surface area (Å²) >= 11 is 6.07. The summed E-state index contributed by atoms with van der Waals surface area (Å²) in [5.74, 6) is -0.113. The molecule has 1 N–H and O–H groups in total. The third-order valence-corrected chi connectivity index (χ3v) is 4.85. The number of urea groups is 1. The fraction of sp³-hybridized carbons (Fsp3) is 0.158. The van der Waals surface area contributed by atoms with Gasteiger partial charge >= 0.3 is 6.03 Å². The van der Waals surface area contributed by atoms with Crippen LogP contribution in [0.1, 0.15) is 11.6 Å². The van der Waals surface area contributed by atoms with Crippen LogP contribution >= 0.6 is 11.6 Å². The Morgan fingerprint density at radius 1 is 1.08 bits per heavy atom. The van der Waals surface area contributed by atoms with Crippen LogP contribution in [0.5, 0.6) is 0 Å². The Balaban J connectivity index is 1.77. The Morgan fingerprint density at radius 2 is 1.84 bits per heavy atom. The van der Waals surface area contributed by atoms with E-state index in [2.05, 4.69) is 5.32 Å². The largest absolute Gasteiger partial charge is 0.327 e. The maximum Gasteiger partial charge on any atom is 0.322 e. The average Bonchev–Trinajstić information content (AvgIpc) is 2.97. The van der Waals surface area contributed by atoms with Crippen LogP contribution in [-0.4, -0.2) is 30.4 Å². The zero-order valence-corrected chi connectivity index (χ0v) is 14.3. The molecule has 0 saturated carbocycles. The van der Waals surface area contributed by atoms with E-state index in [0.717, 1.165) is 16.9 Å². The van der Waals surface area contributed by atoms with Gasteiger partial charge in [-0.05, 0) is 23.8 Å². The first-order valence-electron chi connectivity index (χ1n) is 7.96. The zero-order chi connectivity index (χ0) is 17.6. The van der Waals surface area contributed by atoms with Gasteiger partial charge in [0.05, 0.1) is 23.9 Å². The van der Waals surface area contributed by atoms with Crippen molar-refractivity contribution in [1.82, 2.24) is 10.2 Å². The SMILES string of the molecule is CN1C(=O)N[C@H](c2ccccc2)C2=C1CN(c1cccc(Cl)c1)C2=O. The van der Waals surface area contributed by atoms with E-state index in [9.17, 15) is 9.59 Å². The molecular weight excluding hydrogens is 338 g/mol. The van der Waals surface area contributed by atoms with Gasteiger partial charge in [0.1, 0.15) is 0 Å². The van der Waals surface area contributed by atoms with Gasteiger partial charge in [0, 0.05) is 17.8 Å². The second kappa shape index (κ2) is 5.93. The maximum atomic E-state index is 13.1. The number of halogens is 1. The van der Waals surface area contributed by atoms with Crippen LogP contribution in [0.3, 0.4) is 0 Å². The van der Waals surface area contributed by atoms with Crippen molar-refractivity contribution < 1.29 is 9.59 Å². The fourth-order valence-corrected chi connectivity index (χ4v) is 3.50. The molecule has 0 fully saturated rings. The molecule has 0 spiro atoms. The van der Waals surface area contributed by atoms with Gasteiger partial charge in [0.15, 0.2) is 0 Å². The van der Waals surface area contributed by atoms with Crippen molar-refractivity contribution >= 4 is 29.2 Å². The predicted octanol–water partition coefficient (Wildman–Crippen LogP) is 3.34. The minimum absolute atomic E-state index is 0.113. The van der Waals surface area contributed by atoms with Crippen LogP contribution in [0.25, 0.3) is 0 Å². The number of nitrogens with zero attached hydrogens (tertiary/aromatic N) is 2. The number of amides is 3. The molecule has 6 heteroatoms. The molecule has 0 saturated heterocycles. The second-order valence-electron chi connectivity index (χ2n) is 6.08. The number of carbonyl (C=O) groups excluding carboxylic acids is 2. The van der Waals surface area contributed by atoms with Gasteiger partial charge in [-0.25, -0.2) is 4.79 Å². The van der Waals surface area contributed by atoms with Gasteiger partial charge in [-0.15, -0.1) is 0 Å². The van der Waals surface area contributed by atoms with Crippen molar-refractivity contribution in [2.45, 2.75) is 6.04 Å². The standard InChI is InChI=1S/C19H16ClN3O2/c1-22-15-11-23(14-9-5-8-13(20)10-14)18(24)16(15)17(21-19(22)25)12-6-3-2-4-7-12/h2-10,17H,11H2,1H3,(H,21,25)/t17-/m1/s1. The van der Waals surface area contributed by atoms with Gasteiger partial charge in [-0.2, -0.15) is 0 Å². The Morgan fingerprint density at radius 3 is 2.56 bits per heavy atom. The summed E-state index contributed by atoms with van der Waals surface area (Å²) in [5.41, 5.74) is 2.94. The van der Waals surface area contributed by atoms with Gasteiger partial charge in [-0.1, -0.05) is 48.0 Å². The van der Waals surface area contributed by atoms with Crippen LogP contribution in [0.2, 0.25) is 5.02 Å². The van der Waals surface area contributed by atoms with Crippen LogP contribution in [0.4, 0.5) is 10.5 Å². The molecule has 0 aromatic heterocycles. The van der Waals surface area contributed by atoms with Crippen molar-refractivity contribution in [3.05, 3.63) is 76.5 Å². The number of hydrogen-bond acceptors (Lipinski definition) is 2. The minimum atomic E-state index is -0.448. The highest BCUT2D eigenvalue weighted by Gasteiger charge is 2.43. The summed E-state index contributed by atoms with van der Waals surface area (Å²) in [6, 6.07) is 16.0. The number of carbonyl (C=O) groups is 2. The minimum Gasteiger partial charge on any atom is -0.327 e. The molecule has 5 nitrogen and oxygen atoms in total. The van der Waals surface area contributed by atoms with E-state index in [1.807, 2.05) is 42.5 Å². The lowest BCUT2D eigenvalue weighted by molar-refractivity contribution is -0.114. The monoisotopic (exact) mass is 353 g/mol. The summed E-state index contributed by atoms with van der Waals surface area (Å²) in [4.78, 5) is 28.7. The van der Waals surface area contributed by atoms with Crippen LogP contribution in [-0.2, 0) is 4.79 Å². The molecular formula is C19H16ClN3O2. The molecule has 0 unspecified atom stereocenters. The molecule has 2 aliphatic rings. The van der Waals surface area contributed by atoms with Crippen LogP contribution < -0.4 is 10.2 Å². The van der Waals surface area contributed by atoms with E-state index >= 15 is 0 Å². The number of benzene rings is 2. The van der Waals surface area contributed by atoms with Crippen molar-refractivity contribution in [2.75, 3.05) is 18.5 Å². The normalized spacial score (nSPS) is 20.0. The Kier molecular flexibility index (Phi) is 3.73. The molecule has 4 rings (SSSR count). The number of rotatable bonds is 2. The molecule has 2 aliphatic heterocycles. The highest BCUT2D eigenvalue weighted by atomic mass is 35.5. The van der Waals surface area contributed by atoms with Crippen molar-refractivity contribution in [1.29, 1.82) is 0 Å². The molecule has 2 aromatic carbocycles. The molecule has 2 aromatic rings. The predicted molar refractivity (Wildman–Crippen MR) is 96.3 cm³/mol. The third-order valence-electron chi connectivity index (χ3n) is 4.61. The molecule has 0 radical (unpaired) electrons. The first-order chi connectivity index (χ1) is 12.1. The van der Waals surface area contributed by atoms with E-state index in [1.54, 1.807) is 24.1 Å². The average molecular weight is 354 g/mol. The second-order valence-corrected chi connectivity index (χ2v) is 6.52. The smallest absolute Gasteiger partial charge is 0.322 e. The van der Waals surface area contributed by atoms with Crippen LogP contribution in [0.15, 0.2) is 65.9 Å². The fourth-order valence-electron chi connectivity index (χ4n) is 3.32. The van der Waals surface area contributed by atoms with Crippen molar-refractivity contribution in [2.24, 2.45) is 0 Å². The quantitative estimate of drug-likeness (QED) is 0.900. The molecule has 0 bridgehead atoms. The van der Waals surface area contributed by atoms with Gasteiger partial charge in [0.2, 0.25) is 0 Å². The van der Waals surface area contributed by atoms with Gasteiger partial charge in [0.25, 0.3) is 5.91 Å². The van der Waals surface area contributed by atoms with E-state index in [4.69, 9.17) is 11.6 Å². The lowest BCUT2D eigenvalue weighted by Crippen LogP contribution is -2.45. The number of nitrogens with one attached hydrogen (secondary N) is 1. The van der Waals surface area contributed by atoms with Crippen molar-refractivity contribution in [3.63, 3.8) is 0 Å². The molecule has 2 heterocycles. The summed E-state index contributed by atoms with van der Waals surface area (Å²) in [6.07, 6.45) is 0. The van der Waals surface area contributed by atoms with E-state index < -0.39 is 6.04 Å². The molecule has 1 atom stereocenters. The third kappa shape index (κ3) is 2.57. The highest BCUT2D eigenvalue weighted by Crippen LogP contribution is 2.37. The Labute approximate surface area is 150 Å². The number of likely N-dealkylation sites (N-methyl/N-ethyl adjacent to an activating group) is 1. The van der Waals surface area contributed by atoms with E-state index in [1.165, 1.54) is 4.90 Å². The Bertz CT molecular complexity index is 895. The summed E-state index contributed by atoms with van der Waals surface area (Å²) in [7, 11) is 1.68. The van der Waals surface area contributed by atoms with E-state index in [0.29, 0.717) is 17.1 Å².